The molecule has 0 aliphatic carbocycles. The second-order valence-corrected chi connectivity index (χ2v) is 15.7. The van der Waals surface area contributed by atoms with Gasteiger partial charge in [0.2, 0.25) is 11.8 Å². The minimum absolute atomic E-state index is 0.0213. The molecule has 0 bridgehead atoms. The van der Waals surface area contributed by atoms with E-state index in [-0.39, 0.29) is 35.7 Å². The number of benzene rings is 2. The zero-order valence-corrected chi connectivity index (χ0v) is 40.4. The summed E-state index contributed by atoms with van der Waals surface area (Å²) in [5.74, 6) is 6.84. The number of aromatic nitrogens is 2. The Hall–Kier alpha value is -5.77. The molecule has 2 aromatic carbocycles. The van der Waals surface area contributed by atoms with Crippen molar-refractivity contribution >= 4 is 29.7 Å². The van der Waals surface area contributed by atoms with Gasteiger partial charge in [0.25, 0.3) is 0 Å². The van der Waals surface area contributed by atoms with Gasteiger partial charge in [0.15, 0.2) is 0 Å². The summed E-state index contributed by atoms with van der Waals surface area (Å²) in [7, 11) is 4.53. The van der Waals surface area contributed by atoms with Crippen LogP contribution in [0.2, 0.25) is 0 Å². The molecule has 1 saturated heterocycles. The van der Waals surface area contributed by atoms with Gasteiger partial charge in [-0.05, 0) is 80.3 Å². The van der Waals surface area contributed by atoms with Crippen molar-refractivity contribution in [1.82, 2.24) is 35.3 Å². The summed E-state index contributed by atoms with van der Waals surface area (Å²) in [5, 5.41) is 9.07. The molecule has 4 amide bonds. The van der Waals surface area contributed by atoms with Crippen LogP contribution in [0.4, 0.5) is 9.59 Å². The van der Waals surface area contributed by atoms with Crippen molar-refractivity contribution in [1.29, 1.82) is 0 Å². The van der Waals surface area contributed by atoms with E-state index >= 15 is 0 Å². The number of rotatable bonds is 16. The summed E-state index contributed by atoms with van der Waals surface area (Å²) in [5.41, 5.74) is 5.62. The van der Waals surface area contributed by atoms with Crippen molar-refractivity contribution < 1.29 is 28.7 Å². The molecule has 3 N–H and O–H groups in total. The Balaban J connectivity index is 0.00000331. The quantitative estimate of drug-likeness (QED) is 0.121. The Bertz CT molecular complexity index is 1980. The molecule has 1 fully saturated rings. The molecular formula is C50H75N7O6. The predicted octanol–water partition coefficient (Wildman–Crippen LogP) is 8.76. The van der Waals surface area contributed by atoms with E-state index in [0.717, 1.165) is 65.2 Å². The Morgan fingerprint density at radius 2 is 1.38 bits per heavy atom. The molecule has 13 heteroatoms. The number of carbonyl (C=O) groups is 4. The third-order valence-electron chi connectivity index (χ3n) is 10.9. The molecule has 0 spiro atoms. The van der Waals surface area contributed by atoms with E-state index in [1.54, 1.807) is 4.90 Å². The third kappa shape index (κ3) is 15.2. The van der Waals surface area contributed by atoms with Gasteiger partial charge in [0.05, 0.1) is 38.7 Å². The van der Waals surface area contributed by atoms with Crippen LogP contribution < -0.4 is 16.0 Å². The van der Waals surface area contributed by atoms with Crippen LogP contribution in [0.5, 0.6) is 0 Å². The van der Waals surface area contributed by atoms with E-state index in [2.05, 4.69) is 46.6 Å². The molecule has 3 aromatic rings. The number of nitrogens with one attached hydrogen (secondary N) is 3. The minimum Gasteiger partial charge on any atom is -0.453 e. The van der Waals surface area contributed by atoms with E-state index in [1.165, 1.54) is 14.2 Å². The summed E-state index contributed by atoms with van der Waals surface area (Å²) in [6.07, 6.45) is 6.14. The number of imidazole rings is 1. The lowest BCUT2D eigenvalue weighted by atomic mass is 10.0. The standard InChI is InChI=1S/C46H63N7O6.2C2H6/c1-11-13-26-52(43(54)41(30(3)4)49-45(56)58-9)29-40-47-28-39(51(40)8)36-24-20-34(21-25-36)17-16-33-18-22-35(23-19-33)37(12-2)48-32(7)38-15-14-27-53(38)44(55)42(31(5)6)50-46(57)59-10;2*1-2/h12,18-25,28,30-32,38,41-42,48H,11,13-15,26-27,29H2,1-10H3,(H,49,56)(H,50,57);2*1-2H3/b37-12-;;/t32?,38-,41-,42-;;/m0../s1. The molecule has 1 aliphatic rings. The first-order valence-corrected chi connectivity index (χ1v) is 22.7. The Labute approximate surface area is 377 Å². The summed E-state index contributed by atoms with van der Waals surface area (Å²) < 4.78 is 11.5. The Morgan fingerprint density at radius 1 is 0.841 bits per heavy atom. The van der Waals surface area contributed by atoms with E-state index in [9.17, 15) is 19.2 Å². The number of hydrogen-bond donors (Lipinski definition) is 3. The smallest absolute Gasteiger partial charge is 0.407 e. The van der Waals surface area contributed by atoms with E-state index in [0.29, 0.717) is 19.6 Å². The highest BCUT2D eigenvalue weighted by atomic mass is 16.5. The number of allylic oxidation sites excluding steroid dienone is 1. The molecule has 346 valence electrons. The van der Waals surface area contributed by atoms with Gasteiger partial charge >= 0.3 is 12.2 Å². The number of methoxy groups -OCH3 is 2. The highest BCUT2D eigenvalue weighted by molar-refractivity contribution is 5.87. The fraction of sp³-hybridized carbons (Fsp3) is 0.540. The van der Waals surface area contributed by atoms with Gasteiger partial charge in [0, 0.05) is 43.0 Å². The van der Waals surface area contributed by atoms with Crippen molar-refractivity contribution in [2.24, 2.45) is 18.9 Å². The Kier molecular flexibility index (Phi) is 23.1. The van der Waals surface area contributed by atoms with Crippen molar-refractivity contribution in [2.75, 3.05) is 27.3 Å². The SMILES string of the molecule is C/C=C(\NC(C)[C@@H]1CCCN1C(=O)[C@@H](NC(=O)OC)C(C)C)c1ccc(C#Cc2ccc(-c3cnc(CN(CCCC)C(=O)[C@@H](NC(=O)OC)C(C)C)n3C)cc2)cc1.CC.CC. The number of amides is 4. The Morgan fingerprint density at radius 3 is 1.89 bits per heavy atom. The highest BCUT2D eigenvalue weighted by Crippen LogP contribution is 2.26. The van der Waals surface area contributed by atoms with Crippen molar-refractivity contribution in [3.05, 3.63) is 83.3 Å². The fourth-order valence-electron chi connectivity index (χ4n) is 7.29. The van der Waals surface area contributed by atoms with Crippen LogP contribution in [-0.4, -0.2) is 94.8 Å². The van der Waals surface area contributed by atoms with Crippen LogP contribution in [-0.2, 0) is 32.7 Å². The van der Waals surface area contributed by atoms with E-state index in [4.69, 9.17) is 9.47 Å². The molecule has 1 aliphatic heterocycles. The van der Waals surface area contributed by atoms with Gasteiger partial charge in [-0.3, -0.25) is 9.59 Å². The maximum Gasteiger partial charge on any atom is 0.407 e. The number of alkyl carbamates (subject to hydrolysis) is 2. The predicted molar refractivity (Wildman–Crippen MR) is 253 cm³/mol. The summed E-state index contributed by atoms with van der Waals surface area (Å²) >= 11 is 0. The molecule has 0 saturated carbocycles. The summed E-state index contributed by atoms with van der Waals surface area (Å²) in [6.45, 7) is 23.3. The van der Waals surface area contributed by atoms with Crippen LogP contribution in [0.1, 0.15) is 124 Å². The van der Waals surface area contributed by atoms with Crippen LogP contribution >= 0.6 is 0 Å². The zero-order chi connectivity index (χ0) is 47.2. The average molecular weight is 870 g/mol. The average Bonchev–Trinajstić information content (AvgIpc) is 3.95. The molecule has 4 rings (SSSR count). The molecule has 13 nitrogen and oxygen atoms in total. The largest absolute Gasteiger partial charge is 0.453 e. The number of hydrogen-bond acceptors (Lipinski definition) is 8. The van der Waals surface area contributed by atoms with Crippen molar-refractivity contribution in [3.8, 4) is 23.1 Å². The maximum absolute atomic E-state index is 13.6. The van der Waals surface area contributed by atoms with Crippen molar-refractivity contribution in [3.63, 3.8) is 0 Å². The first-order valence-electron chi connectivity index (χ1n) is 22.7. The molecule has 4 atom stereocenters. The topological polar surface area (TPSA) is 147 Å². The van der Waals surface area contributed by atoms with Crippen LogP contribution in [0.15, 0.2) is 60.8 Å². The lowest BCUT2D eigenvalue weighted by Gasteiger charge is -2.34. The number of unbranched alkanes of at least 4 members (excludes halogenated alkanes) is 1. The molecule has 1 aromatic heterocycles. The number of carbonyl (C=O) groups excluding carboxylic acids is 4. The van der Waals surface area contributed by atoms with Crippen LogP contribution in [0.3, 0.4) is 0 Å². The molecule has 1 unspecified atom stereocenters. The van der Waals surface area contributed by atoms with Crippen molar-refractivity contribution in [2.45, 2.75) is 133 Å². The van der Waals surface area contributed by atoms with Gasteiger partial charge in [-0.15, -0.1) is 0 Å². The summed E-state index contributed by atoms with van der Waals surface area (Å²) in [6, 6.07) is 14.7. The minimum atomic E-state index is -0.709. The lowest BCUT2D eigenvalue weighted by molar-refractivity contribution is -0.136. The fourth-order valence-corrected chi connectivity index (χ4v) is 7.29. The number of likely N-dealkylation sites (tertiary alicyclic amines) is 1. The third-order valence-corrected chi connectivity index (χ3v) is 10.9. The first-order chi connectivity index (χ1) is 30.2. The van der Waals surface area contributed by atoms with E-state index in [1.807, 2.05) is 140 Å². The monoisotopic (exact) mass is 870 g/mol. The lowest BCUT2D eigenvalue weighted by Crippen LogP contribution is -2.55. The maximum atomic E-state index is 13.6. The second kappa shape index (κ2) is 27.3. The van der Waals surface area contributed by atoms with Gasteiger partial charge in [-0.1, -0.05) is 111 Å². The van der Waals surface area contributed by atoms with Crippen LogP contribution in [0.25, 0.3) is 17.0 Å². The second-order valence-electron chi connectivity index (χ2n) is 15.7. The first kappa shape index (κ1) is 53.4. The number of ether oxygens (including phenoxy) is 2. The normalized spacial score (nSPS) is 14.7. The summed E-state index contributed by atoms with van der Waals surface area (Å²) in [4.78, 5) is 59.6. The van der Waals surface area contributed by atoms with Crippen LogP contribution in [0, 0.1) is 23.7 Å². The molecule has 63 heavy (non-hydrogen) atoms. The highest BCUT2D eigenvalue weighted by Gasteiger charge is 2.38. The zero-order valence-electron chi connectivity index (χ0n) is 40.4. The van der Waals surface area contributed by atoms with Gasteiger partial charge in [-0.2, -0.15) is 0 Å². The molecule has 0 radical (unpaired) electrons. The number of nitrogens with zero attached hydrogens (tertiary/aromatic N) is 4. The van der Waals surface area contributed by atoms with Gasteiger partial charge in [0.1, 0.15) is 17.9 Å². The van der Waals surface area contributed by atoms with E-state index < -0.39 is 24.3 Å². The van der Waals surface area contributed by atoms with Gasteiger partial charge in [-0.25, -0.2) is 14.6 Å². The van der Waals surface area contributed by atoms with Gasteiger partial charge < -0.3 is 39.8 Å². The molecular weight excluding hydrogens is 795 g/mol. The molecule has 2 heterocycles.